The van der Waals surface area contributed by atoms with Crippen LogP contribution in [0.4, 0.5) is 0 Å². The van der Waals surface area contributed by atoms with Crippen molar-refractivity contribution in [1.82, 2.24) is 10.2 Å². The van der Waals surface area contributed by atoms with Gasteiger partial charge in [0, 0.05) is 38.3 Å². The van der Waals surface area contributed by atoms with Gasteiger partial charge < -0.3 is 44.5 Å². The van der Waals surface area contributed by atoms with E-state index in [4.69, 9.17) is 18.9 Å². The van der Waals surface area contributed by atoms with E-state index in [0.29, 0.717) is 70.1 Å². The van der Waals surface area contributed by atoms with E-state index in [1.54, 1.807) is 23.1 Å². The first kappa shape index (κ1) is 38.5. The molecule has 4 N–H and O–H groups in total. The molecule has 2 aliphatic rings. The molecule has 0 aliphatic heterocycles. The Morgan fingerprint density at radius 3 is 2.61 bits per heavy atom. The Morgan fingerprint density at radius 1 is 1.20 bits per heavy atom. The van der Waals surface area contributed by atoms with Crippen LogP contribution in [-0.4, -0.2) is 103 Å². The molecule has 0 heterocycles. The van der Waals surface area contributed by atoms with Crippen LogP contribution in [0.2, 0.25) is 0 Å². The fourth-order valence-electron chi connectivity index (χ4n) is 6.42. The van der Waals surface area contributed by atoms with Gasteiger partial charge in [0.15, 0.2) is 11.5 Å². The summed E-state index contributed by atoms with van der Waals surface area (Å²) in [7, 11) is 1.48. The van der Waals surface area contributed by atoms with Crippen LogP contribution in [0.25, 0.3) is 0 Å². The van der Waals surface area contributed by atoms with Crippen molar-refractivity contribution in [2.45, 2.75) is 90.8 Å². The number of nitrogens with one attached hydrogen (secondary N) is 1. The molecular weight excluding hydrogens is 707 g/mol. The van der Waals surface area contributed by atoms with E-state index < -0.39 is 24.2 Å². The number of ether oxygens (including phenoxy) is 4. The summed E-state index contributed by atoms with van der Waals surface area (Å²) in [4.78, 5) is 28.8. The van der Waals surface area contributed by atoms with Crippen molar-refractivity contribution < 1.29 is 43.9 Å². The lowest BCUT2D eigenvalue weighted by Crippen LogP contribution is -2.56. The second-order valence-corrected chi connectivity index (χ2v) is 13.8. The average Bonchev–Trinajstić information content (AvgIpc) is 3.04. The first-order valence-electron chi connectivity index (χ1n) is 16.4. The van der Waals surface area contributed by atoms with E-state index in [1.165, 1.54) is 7.11 Å². The van der Waals surface area contributed by atoms with Crippen LogP contribution in [0.1, 0.15) is 65.4 Å². The molecule has 0 aromatic heterocycles. The maximum absolute atomic E-state index is 14.0. The Hall–Kier alpha value is -1.97. The number of rotatable bonds is 17. The number of aliphatic hydroxyl groups excluding tert-OH is 3. The van der Waals surface area contributed by atoms with Gasteiger partial charge in [0.1, 0.15) is 18.8 Å². The van der Waals surface area contributed by atoms with E-state index >= 15 is 0 Å². The SMILES string of the molecule is CCOCCCN(C(=O)CO[C@H]1C[C@@H](C)CC[C@@H]1C(C)C)[C@@H]1CC(C(=O)NCCO)=C[C@H](Oc2c(I)cc(CO)cc2OC)[C@H]1O. The van der Waals surface area contributed by atoms with E-state index in [2.05, 4.69) is 48.7 Å². The topological polar surface area (TPSA) is 147 Å². The molecule has 260 valence electrons. The summed E-state index contributed by atoms with van der Waals surface area (Å²) in [5, 5.41) is 33.5. The third-order valence-electron chi connectivity index (χ3n) is 8.93. The van der Waals surface area contributed by atoms with Gasteiger partial charge in [0.2, 0.25) is 11.8 Å². The molecule has 2 amide bonds. The first-order valence-corrected chi connectivity index (χ1v) is 17.5. The highest BCUT2D eigenvalue weighted by atomic mass is 127. The predicted octanol–water partition coefficient (Wildman–Crippen LogP) is 3.44. The minimum absolute atomic E-state index is 0.0264. The molecule has 1 aromatic rings. The van der Waals surface area contributed by atoms with Crippen LogP contribution in [0.15, 0.2) is 23.8 Å². The lowest BCUT2D eigenvalue weighted by molar-refractivity contribution is -0.148. The van der Waals surface area contributed by atoms with Gasteiger partial charge in [-0.3, -0.25) is 9.59 Å². The van der Waals surface area contributed by atoms with Crippen molar-refractivity contribution in [3.05, 3.63) is 32.9 Å². The number of methoxy groups -OCH3 is 1. The highest BCUT2D eigenvalue weighted by Gasteiger charge is 2.41. The molecule has 0 radical (unpaired) electrons. The van der Waals surface area contributed by atoms with E-state index in [-0.39, 0.29) is 44.8 Å². The van der Waals surface area contributed by atoms with E-state index in [0.717, 1.165) is 19.3 Å². The quantitative estimate of drug-likeness (QED) is 0.139. The Bertz CT molecular complexity index is 1160. The van der Waals surface area contributed by atoms with Crippen molar-refractivity contribution in [2.24, 2.45) is 17.8 Å². The summed E-state index contributed by atoms with van der Waals surface area (Å²) in [5.41, 5.74) is 0.965. The first-order chi connectivity index (χ1) is 22.0. The molecule has 1 saturated carbocycles. The van der Waals surface area contributed by atoms with Gasteiger partial charge in [-0.25, -0.2) is 0 Å². The molecule has 11 nitrogen and oxygen atoms in total. The number of carbonyl (C=O) groups excluding carboxylic acids is 2. The van der Waals surface area contributed by atoms with Gasteiger partial charge >= 0.3 is 0 Å². The highest BCUT2D eigenvalue weighted by molar-refractivity contribution is 14.1. The summed E-state index contributed by atoms with van der Waals surface area (Å²) >= 11 is 2.07. The van der Waals surface area contributed by atoms with Gasteiger partial charge in [0.05, 0.1) is 36.0 Å². The zero-order valence-corrected chi connectivity index (χ0v) is 30.0. The summed E-state index contributed by atoms with van der Waals surface area (Å²) in [6.45, 7) is 9.31. The average molecular weight is 761 g/mol. The van der Waals surface area contributed by atoms with Crippen LogP contribution in [0.3, 0.4) is 0 Å². The molecule has 0 unspecified atom stereocenters. The lowest BCUT2D eigenvalue weighted by Gasteiger charge is -2.41. The summed E-state index contributed by atoms with van der Waals surface area (Å²) in [6, 6.07) is 2.61. The molecule has 3 rings (SSSR count). The Morgan fingerprint density at radius 2 is 1.96 bits per heavy atom. The van der Waals surface area contributed by atoms with Gasteiger partial charge in [-0.1, -0.05) is 27.2 Å². The van der Waals surface area contributed by atoms with E-state index in [1.807, 2.05) is 6.92 Å². The molecule has 1 fully saturated rings. The van der Waals surface area contributed by atoms with Gasteiger partial charge in [-0.2, -0.15) is 0 Å². The van der Waals surface area contributed by atoms with Gasteiger partial charge in [-0.05, 0) is 90.3 Å². The van der Waals surface area contributed by atoms with E-state index in [9.17, 15) is 24.9 Å². The molecular formula is C34H53IN2O9. The Balaban J connectivity index is 1.93. The van der Waals surface area contributed by atoms with Crippen molar-refractivity contribution in [3.8, 4) is 11.5 Å². The molecule has 46 heavy (non-hydrogen) atoms. The zero-order chi connectivity index (χ0) is 33.8. The van der Waals surface area contributed by atoms with Gasteiger partial charge in [-0.15, -0.1) is 0 Å². The second-order valence-electron chi connectivity index (χ2n) is 12.6. The third-order valence-corrected chi connectivity index (χ3v) is 9.74. The summed E-state index contributed by atoms with van der Waals surface area (Å²) in [6.07, 6.45) is 3.07. The molecule has 0 saturated heterocycles. The number of aliphatic hydroxyl groups is 3. The van der Waals surface area contributed by atoms with Crippen LogP contribution >= 0.6 is 22.6 Å². The van der Waals surface area contributed by atoms with Crippen LogP contribution in [0.5, 0.6) is 11.5 Å². The fourth-order valence-corrected chi connectivity index (χ4v) is 7.21. The fraction of sp³-hybridized carbons (Fsp3) is 0.706. The number of amides is 2. The number of nitrogens with zero attached hydrogens (tertiary/aromatic N) is 1. The number of hydrogen-bond donors (Lipinski definition) is 4. The lowest BCUT2D eigenvalue weighted by atomic mass is 9.75. The minimum atomic E-state index is -1.19. The normalized spacial score (nSPS) is 24.8. The maximum atomic E-state index is 14.0. The third kappa shape index (κ3) is 10.5. The minimum Gasteiger partial charge on any atom is -0.493 e. The number of halogens is 1. The summed E-state index contributed by atoms with van der Waals surface area (Å²) in [5.74, 6) is 1.36. The molecule has 0 bridgehead atoms. The highest BCUT2D eigenvalue weighted by Crippen LogP contribution is 2.38. The number of carbonyl (C=O) groups is 2. The molecule has 2 aliphatic carbocycles. The largest absolute Gasteiger partial charge is 0.493 e. The van der Waals surface area contributed by atoms with Crippen LogP contribution in [-0.2, 0) is 25.7 Å². The van der Waals surface area contributed by atoms with Crippen LogP contribution in [0, 0.1) is 21.3 Å². The molecule has 6 atom stereocenters. The summed E-state index contributed by atoms with van der Waals surface area (Å²) < 4.78 is 24.4. The smallest absolute Gasteiger partial charge is 0.248 e. The van der Waals surface area contributed by atoms with Crippen LogP contribution < -0.4 is 14.8 Å². The molecule has 12 heteroatoms. The molecule has 0 spiro atoms. The Labute approximate surface area is 287 Å². The Kier molecular flexibility index (Phi) is 16.0. The second kappa shape index (κ2) is 19.1. The van der Waals surface area contributed by atoms with Crippen molar-refractivity contribution in [1.29, 1.82) is 0 Å². The van der Waals surface area contributed by atoms with Gasteiger partial charge in [0.25, 0.3) is 0 Å². The van der Waals surface area contributed by atoms with Crippen molar-refractivity contribution >= 4 is 34.4 Å². The standard InChI is InChI=1S/C34H53IN2O9/c1-6-44-13-7-11-37(31(40)20-45-28-14-22(4)8-9-25(28)21(2)3)27-17-24(34(42)36-10-12-38)18-29(32(27)41)46-33-26(35)15-23(19-39)16-30(33)43-5/h15-16,18,21-22,25,27-29,32,38-39,41H,6-14,17,19-20H2,1-5H3,(H,36,42)/t22-,25+,27+,28-,29-,32-/m0/s1. The number of benzene rings is 1. The number of hydrogen-bond acceptors (Lipinski definition) is 9. The predicted molar refractivity (Wildman–Crippen MR) is 183 cm³/mol. The monoisotopic (exact) mass is 760 g/mol. The molecule has 1 aromatic carbocycles. The zero-order valence-electron chi connectivity index (χ0n) is 27.9. The van der Waals surface area contributed by atoms with Crippen molar-refractivity contribution in [3.63, 3.8) is 0 Å². The van der Waals surface area contributed by atoms with Crippen molar-refractivity contribution in [2.75, 3.05) is 46.6 Å². The maximum Gasteiger partial charge on any atom is 0.248 e.